The van der Waals surface area contributed by atoms with Gasteiger partial charge >= 0.3 is 0 Å². The molecular formula is C30H29N3O. The molecule has 5 aromatic rings. The summed E-state index contributed by atoms with van der Waals surface area (Å²) in [6, 6.07) is 28.7. The second-order valence-corrected chi connectivity index (χ2v) is 9.39. The summed E-state index contributed by atoms with van der Waals surface area (Å²) in [6.07, 6.45) is 0. The molecule has 4 heteroatoms. The molecule has 0 spiro atoms. The topological polar surface area (TPSA) is 50.9 Å². The van der Waals surface area contributed by atoms with Gasteiger partial charge in [0.2, 0.25) is 0 Å². The molecule has 1 aromatic heterocycles. The number of para-hydroxylation sites is 1. The average Bonchev–Trinajstić information content (AvgIpc) is 3.28. The van der Waals surface area contributed by atoms with E-state index < -0.39 is 0 Å². The predicted octanol–water partition coefficient (Wildman–Crippen LogP) is 7.71. The van der Waals surface area contributed by atoms with Gasteiger partial charge in [0.1, 0.15) is 16.8 Å². The number of hydrogen-bond acceptors (Lipinski definition) is 3. The first kappa shape index (κ1) is 21.9. The van der Waals surface area contributed by atoms with E-state index in [0.717, 1.165) is 39.0 Å². The SMILES string of the molecule is CC(C)c1ccccc1-c1cc(-c2cccc(C(C)C)c2O)cc(-n2nc3ccccc3n2)c1. The van der Waals surface area contributed by atoms with Crippen molar-refractivity contribution in [3.05, 3.63) is 96.1 Å². The number of aromatic hydroxyl groups is 1. The number of aromatic nitrogens is 3. The molecular weight excluding hydrogens is 418 g/mol. The van der Waals surface area contributed by atoms with Crippen LogP contribution in [0, 0.1) is 0 Å². The van der Waals surface area contributed by atoms with Crippen LogP contribution in [-0.4, -0.2) is 20.1 Å². The molecule has 0 unspecified atom stereocenters. The van der Waals surface area contributed by atoms with Gasteiger partial charge in [0.15, 0.2) is 0 Å². The standard InChI is InChI=1S/C30H29N3O/c1-19(2)24-10-5-6-11-26(24)21-16-22(27-13-9-12-25(20(3)4)30(27)34)18-23(17-21)33-31-28-14-7-8-15-29(28)32-33/h5-20,34H,1-4H3. The normalized spacial score (nSPS) is 11.6. The molecule has 34 heavy (non-hydrogen) atoms. The Hall–Kier alpha value is -3.92. The zero-order chi connectivity index (χ0) is 23.8. The number of rotatable bonds is 5. The summed E-state index contributed by atoms with van der Waals surface area (Å²) in [5, 5.41) is 20.6. The quantitative estimate of drug-likeness (QED) is 0.300. The van der Waals surface area contributed by atoms with Gasteiger partial charge in [0.25, 0.3) is 0 Å². The van der Waals surface area contributed by atoms with Crippen molar-refractivity contribution >= 4 is 11.0 Å². The fourth-order valence-electron chi connectivity index (χ4n) is 4.54. The van der Waals surface area contributed by atoms with E-state index in [4.69, 9.17) is 10.2 Å². The molecule has 0 radical (unpaired) electrons. The summed E-state index contributed by atoms with van der Waals surface area (Å²) in [6.45, 7) is 8.62. The van der Waals surface area contributed by atoms with Gasteiger partial charge in [-0.2, -0.15) is 4.80 Å². The summed E-state index contributed by atoms with van der Waals surface area (Å²) in [4.78, 5) is 1.69. The molecule has 0 atom stereocenters. The molecule has 0 aliphatic heterocycles. The Labute approximate surface area is 200 Å². The number of fused-ring (bicyclic) bond motifs is 1. The van der Waals surface area contributed by atoms with Crippen LogP contribution in [-0.2, 0) is 0 Å². The summed E-state index contributed by atoms with van der Waals surface area (Å²) in [7, 11) is 0. The third-order valence-electron chi connectivity index (χ3n) is 6.33. The highest BCUT2D eigenvalue weighted by Crippen LogP contribution is 2.39. The lowest BCUT2D eigenvalue weighted by atomic mass is 9.89. The monoisotopic (exact) mass is 447 g/mol. The number of nitrogens with zero attached hydrogens (tertiary/aromatic N) is 3. The minimum Gasteiger partial charge on any atom is -0.507 e. The van der Waals surface area contributed by atoms with Crippen LogP contribution in [0.15, 0.2) is 84.9 Å². The van der Waals surface area contributed by atoms with E-state index in [1.54, 1.807) is 4.80 Å². The molecule has 1 heterocycles. The van der Waals surface area contributed by atoms with E-state index in [1.165, 1.54) is 11.1 Å². The summed E-state index contributed by atoms with van der Waals surface area (Å²) < 4.78 is 0. The van der Waals surface area contributed by atoms with Crippen LogP contribution < -0.4 is 0 Å². The van der Waals surface area contributed by atoms with Crippen LogP contribution in [0.3, 0.4) is 0 Å². The molecule has 0 fully saturated rings. The maximum Gasteiger partial charge on any atom is 0.126 e. The second-order valence-electron chi connectivity index (χ2n) is 9.39. The molecule has 4 aromatic carbocycles. The molecule has 0 amide bonds. The first-order valence-electron chi connectivity index (χ1n) is 11.8. The Kier molecular flexibility index (Phi) is 5.66. The van der Waals surface area contributed by atoms with Gasteiger partial charge in [-0.1, -0.05) is 82.3 Å². The van der Waals surface area contributed by atoms with Crippen LogP contribution in [0.5, 0.6) is 5.75 Å². The first-order chi connectivity index (χ1) is 16.4. The van der Waals surface area contributed by atoms with E-state index >= 15 is 0 Å². The fourth-order valence-corrected chi connectivity index (χ4v) is 4.54. The van der Waals surface area contributed by atoms with Gasteiger partial charge < -0.3 is 5.11 Å². The van der Waals surface area contributed by atoms with Gasteiger partial charge in [-0.05, 0) is 70.0 Å². The van der Waals surface area contributed by atoms with Crippen molar-refractivity contribution in [3.63, 3.8) is 0 Å². The van der Waals surface area contributed by atoms with Crippen LogP contribution >= 0.6 is 0 Å². The highest BCUT2D eigenvalue weighted by Gasteiger charge is 2.16. The Morgan fingerprint density at radius 3 is 1.79 bits per heavy atom. The van der Waals surface area contributed by atoms with Crippen LogP contribution in [0.2, 0.25) is 0 Å². The maximum absolute atomic E-state index is 11.2. The van der Waals surface area contributed by atoms with Gasteiger partial charge in [0, 0.05) is 5.56 Å². The molecule has 170 valence electrons. The van der Waals surface area contributed by atoms with Crippen LogP contribution in [0.1, 0.15) is 50.7 Å². The Morgan fingerprint density at radius 1 is 0.618 bits per heavy atom. The third-order valence-corrected chi connectivity index (χ3v) is 6.33. The minimum absolute atomic E-state index is 0.224. The highest BCUT2D eigenvalue weighted by atomic mass is 16.3. The molecule has 0 aliphatic rings. The molecule has 0 saturated carbocycles. The van der Waals surface area contributed by atoms with Crippen LogP contribution in [0.25, 0.3) is 39.0 Å². The molecule has 0 aliphatic carbocycles. The molecule has 1 N–H and O–H groups in total. The Balaban J connectivity index is 1.77. The van der Waals surface area contributed by atoms with E-state index in [1.807, 2.05) is 42.5 Å². The molecule has 4 nitrogen and oxygen atoms in total. The van der Waals surface area contributed by atoms with Crippen molar-refractivity contribution in [3.8, 4) is 33.7 Å². The van der Waals surface area contributed by atoms with Gasteiger partial charge in [-0.25, -0.2) is 0 Å². The molecule has 0 saturated heterocycles. The molecule has 0 bridgehead atoms. The average molecular weight is 448 g/mol. The van der Waals surface area contributed by atoms with Crippen LogP contribution in [0.4, 0.5) is 0 Å². The smallest absolute Gasteiger partial charge is 0.126 e. The number of phenols is 1. The van der Waals surface area contributed by atoms with Gasteiger partial charge in [0.05, 0.1) is 5.69 Å². The zero-order valence-electron chi connectivity index (χ0n) is 20.0. The Morgan fingerprint density at radius 2 is 1.15 bits per heavy atom. The van der Waals surface area contributed by atoms with E-state index in [0.29, 0.717) is 11.7 Å². The number of phenolic OH excluding ortho intramolecular Hbond substituents is 1. The van der Waals surface area contributed by atoms with E-state index in [-0.39, 0.29) is 5.92 Å². The Bertz CT molecular complexity index is 1450. The van der Waals surface area contributed by atoms with Crippen molar-refractivity contribution in [1.29, 1.82) is 0 Å². The van der Waals surface area contributed by atoms with Crippen molar-refractivity contribution < 1.29 is 5.11 Å². The lowest BCUT2D eigenvalue weighted by Gasteiger charge is -2.17. The van der Waals surface area contributed by atoms with Gasteiger partial charge in [-0.3, -0.25) is 0 Å². The second kappa shape index (κ2) is 8.79. The predicted molar refractivity (Wildman–Crippen MR) is 140 cm³/mol. The number of benzene rings is 4. The summed E-state index contributed by atoms with van der Waals surface area (Å²) >= 11 is 0. The lowest BCUT2D eigenvalue weighted by Crippen LogP contribution is -2.01. The van der Waals surface area contributed by atoms with E-state index in [9.17, 15) is 5.11 Å². The largest absolute Gasteiger partial charge is 0.507 e. The highest BCUT2D eigenvalue weighted by molar-refractivity contribution is 5.81. The van der Waals surface area contributed by atoms with Crippen molar-refractivity contribution in [2.24, 2.45) is 0 Å². The summed E-state index contributed by atoms with van der Waals surface area (Å²) in [5.74, 6) is 0.935. The van der Waals surface area contributed by atoms with Crippen molar-refractivity contribution in [2.45, 2.75) is 39.5 Å². The zero-order valence-corrected chi connectivity index (χ0v) is 20.0. The summed E-state index contributed by atoms with van der Waals surface area (Å²) in [5.41, 5.74) is 8.78. The van der Waals surface area contributed by atoms with Crippen molar-refractivity contribution in [1.82, 2.24) is 15.0 Å². The van der Waals surface area contributed by atoms with Crippen molar-refractivity contribution in [2.75, 3.05) is 0 Å². The first-order valence-corrected chi connectivity index (χ1v) is 11.8. The molecule has 5 rings (SSSR count). The van der Waals surface area contributed by atoms with Gasteiger partial charge in [-0.15, -0.1) is 10.2 Å². The minimum atomic E-state index is 0.224. The third kappa shape index (κ3) is 3.96. The van der Waals surface area contributed by atoms with E-state index in [2.05, 4.69) is 70.2 Å². The lowest BCUT2D eigenvalue weighted by molar-refractivity contribution is 0.467. The number of hydrogen-bond donors (Lipinski definition) is 1. The fraction of sp³-hybridized carbons (Fsp3) is 0.200. The maximum atomic E-state index is 11.2.